The van der Waals surface area contributed by atoms with Gasteiger partial charge in [0.1, 0.15) is 17.9 Å². The molecule has 0 saturated heterocycles. The number of nitrogens with zero attached hydrogens (tertiary/aromatic N) is 2. The number of ether oxygens (including phenoxy) is 1. The molecule has 0 spiro atoms. The number of aromatic nitrogens is 2. The van der Waals surface area contributed by atoms with Gasteiger partial charge in [0.2, 0.25) is 0 Å². The SMILES string of the molecule is CCCn1c(C)c(C)c2nccc(OCc3ccc(Br)cc3)c21.Cl. The predicted molar refractivity (Wildman–Crippen MR) is 105 cm³/mol. The van der Waals surface area contributed by atoms with Crippen LogP contribution < -0.4 is 4.74 Å². The van der Waals surface area contributed by atoms with Crippen molar-refractivity contribution >= 4 is 39.4 Å². The van der Waals surface area contributed by atoms with Crippen molar-refractivity contribution in [3.05, 3.63) is 57.8 Å². The maximum absolute atomic E-state index is 6.12. The summed E-state index contributed by atoms with van der Waals surface area (Å²) < 4.78 is 9.53. The molecule has 0 atom stereocenters. The van der Waals surface area contributed by atoms with Gasteiger partial charge >= 0.3 is 0 Å². The van der Waals surface area contributed by atoms with Crippen LogP contribution >= 0.6 is 28.3 Å². The third kappa shape index (κ3) is 3.60. The first kappa shape index (κ1) is 18.8. The van der Waals surface area contributed by atoms with Crippen molar-refractivity contribution < 1.29 is 4.74 Å². The number of fused-ring (bicyclic) bond motifs is 1. The van der Waals surface area contributed by atoms with Gasteiger partial charge in [-0.15, -0.1) is 12.4 Å². The van der Waals surface area contributed by atoms with Crippen molar-refractivity contribution in [2.24, 2.45) is 0 Å². The zero-order valence-electron chi connectivity index (χ0n) is 14.2. The van der Waals surface area contributed by atoms with Crippen LogP contribution in [0.25, 0.3) is 11.0 Å². The lowest BCUT2D eigenvalue weighted by Gasteiger charge is -2.12. The van der Waals surface area contributed by atoms with E-state index in [9.17, 15) is 0 Å². The van der Waals surface area contributed by atoms with E-state index >= 15 is 0 Å². The Balaban J connectivity index is 0.00000208. The molecule has 24 heavy (non-hydrogen) atoms. The van der Waals surface area contributed by atoms with E-state index in [2.05, 4.69) is 58.4 Å². The van der Waals surface area contributed by atoms with E-state index in [4.69, 9.17) is 4.74 Å². The maximum atomic E-state index is 6.12. The first-order valence-electron chi connectivity index (χ1n) is 7.93. The number of rotatable bonds is 5. The van der Waals surface area contributed by atoms with Crippen molar-refractivity contribution in [3.63, 3.8) is 0 Å². The molecule has 0 aliphatic rings. The molecule has 0 saturated carbocycles. The molecule has 0 bridgehead atoms. The van der Waals surface area contributed by atoms with E-state index in [-0.39, 0.29) is 12.4 Å². The third-order valence-electron chi connectivity index (χ3n) is 4.21. The number of hydrogen-bond acceptors (Lipinski definition) is 2. The van der Waals surface area contributed by atoms with Gasteiger partial charge in [-0.3, -0.25) is 4.98 Å². The highest BCUT2D eigenvalue weighted by Crippen LogP contribution is 2.31. The molecular weight excluding hydrogens is 388 g/mol. The van der Waals surface area contributed by atoms with Crippen LogP contribution in [0.3, 0.4) is 0 Å². The van der Waals surface area contributed by atoms with E-state index in [1.54, 1.807) is 0 Å². The molecule has 128 valence electrons. The van der Waals surface area contributed by atoms with Crippen LogP contribution in [0.2, 0.25) is 0 Å². The number of benzene rings is 1. The first-order chi connectivity index (χ1) is 11.1. The summed E-state index contributed by atoms with van der Waals surface area (Å²) in [5, 5.41) is 0. The lowest BCUT2D eigenvalue weighted by atomic mass is 10.2. The van der Waals surface area contributed by atoms with E-state index < -0.39 is 0 Å². The quantitative estimate of drug-likeness (QED) is 0.530. The fourth-order valence-corrected chi connectivity index (χ4v) is 3.14. The van der Waals surface area contributed by atoms with Crippen LogP contribution in [0.4, 0.5) is 0 Å². The summed E-state index contributed by atoms with van der Waals surface area (Å²) in [5.74, 6) is 0.905. The molecule has 0 amide bonds. The van der Waals surface area contributed by atoms with Crippen LogP contribution in [0.15, 0.2) is 41.0 Å². The van der Waals surface area contributed by atoms with Gasteiger partial charge in [0.25, 0.3) is 0 Å². The molecule has 0 aliphatic heterocycles. The average molecular weight is 410 g/mol. The first-order valence-corrected chi connectivity index (χ1v) is 8.72. The maximum Gasteiger partial charge on any atom is 0.147 e. The van der Waals surface area contributed by atoms with Gasteiger partial charge in [-0.25, -0.2) is 0 Å². The Bertz CT molecular complexity index is 827. The van der Waals surface area contributed by atoms with Crippen molar-refractivity contribution in [2.45, 2.75) is 40.3 Å². The van der Waals surface area contributed by atoms with Crippen molar-refractivity contribution in [1.82, 2.24) is 9.55 Å². The number of halogens is 2. The molecule has 0 N–H and O–H groups in total. The fourth-order valence-electron chi connectivity index (χ4n) is 2.87. The van der Waals surface area contributed by atoms with Gasteiger partial charge in [0.05, 0.1) is 5.52 Å². The molecule has 3 rings (SSSR count). The van der Waals surface area contributed by atoms with Crippen LogP contribution in [-0.4, -0.2) is 9.55 Å². The van der Waals surface area contributed by atoms with Crippen molar-refractivity contribution in [3.8, 4) is 5.75 Å². The van der Waals surface area contributed by atoms with E-state index in [1.165, 1.54) is 11.3 Å². The number of pyridine rings is 1. The molecule has 3 aromatic rings. The summed E-state index contributed by atoms with van der Waals surface area (Å²) in [6.07, 6.45) is 2.92. The minimum atomic E-state index is 0. The zero-order valence-corrected chi connectivity index (χ0v) is 16.6. The molecule has 0 unspecified atom stereocenters. The lowest BCUT2D eigenvalue weighted by molar-refractivity contribution is 0.308. The molecular formula is C19H22BrClN2O. The smallest absolute Gasteiger partial charge is 0.147 e. The van der Waals surface area contributed by atoms with Crippen LogP contribution in [0, 0.1) is 13.8 Å². The second-order valence-electron chi connectivity index (χ2n) is 5.78. The normalized spacial score (nSPS) is 10.7. The lowest BCUT2D eigenvalue weighted by Crippen LogP contribution is -2.02. The number of hydrogen-bond donors (Lipinski definition) is 0. The molecule has 1 aromatic carbocycles. The highest BCUT2D eigenvalue weighted by Gasteiger charge is 2.15. The summed E-state index contributed by atoms with van der Waals surface area (Å²) in [7, 11) is 0. The van der Waals surface area contributed by atoms with Crippen LogP contribution in [0.1, 0.15) is 30.2 Å². The van der Waals surface area contributed by atoms with Gasteiger partial charge in [-0.05, 0) is 43.5 Å². The Labute approximate surface area is 157 Å². The summed E-state index contributed by atoms with van der Waals surface area (Å²) in [6, 6.07) is 10.2. The zero-order chi connectivity index (χ0) is 16.4. The Morgan fingerprint density at radius 3 is 2.50 bits per heavy atom. The number of aryl methyl sites for hydroxylation is 2. The van der Waals surface area contributed by atoms with E-state index in [0.29, 0.717) is 6.61 Å². The van der Waals surface area contributed by atoms with Gasteiger partial charge in [0, 0.05) is 29.0 Å². The fraction of sp³-hybridized carbons (Fsp3) is 0.316. The Morgan fingerprint density at radius 2 is 1.83 bits per heavy atom. The summed E-state index contributed by atoms with van der Waals surface area (Å²) in [4.78, 5) is 4.56. The minimum absolute atomic E-state index is 0. The average Bonchev–Trinajstić information content (AvgIpc) is 2.80. The van der Waals surface area contributed by atoms with Gasteiger partial charge in [0.15, 0.2) is 0 Å². The minimum Gasteiger partial charge on any atom is -0.487 e. The van der Waals surface area contributed by atoms with Crippen molar-refractivity contribution in [2.75, 3.05) is 0 Å². The van der Waals surface area contributed by atoms with Gasteiger partial charge < -0.3 is 9.30 Å². The predicted octanol–water partition coefficient (Wildman–Crippen LogP) is 5.83. The third-order valence-corrected chi connectivity index (χ3v) is 4.74. The second kappa shape index (κ2) is 8.04. The second-order valence-corrected chi connectivity index (χ2v) is 6.70. The van der Waals surface area contributed by atoms with Gasteiger partial charge in [-0.1, -0.05) is 35.0 Å². The molecule has 0 fully saturated rings. The Morgan fingerprint density at radius 1 is 1.12 bits per heavy atom. The van der Waals surface area contributed by atoms with E-state index in [1.807, 2.05) is 24.4 Å². The standard InChI is InChI=1S/C19H21BrN2O.ClH/c1-4-11-22-14(3)13(2)18-19(22)17(9-10-21-18)23-12-15-5-7-16(20)8-6-15;/h5-10H,4,11-12H2,1-3H3;1H. The highest BCUT2D eigenvalue weighted by molar-refractivity contribution is 9.10. The highest BCUT2D eigenvalue weighted by atomic mass is 79.9. The van der Waals surface area contributed by atoms with Crippen LogP contribution in [-0.2, 0) is 13.2 Å². The Kier molecular flexibility index (Phi) is 6.30. The molecule has 0 radical (unpaired) electrons. The molecule has 0 aliphatic carbocycles. The molecule has 2 aromatic heterocycles. The topological polar surface area (TPSA) is 27.1 Å². The summed E-state index contributed by atoms with van der Waals surface area (Å²) in [5.41, 5.74) is 5.82. The summed E-state index contributed by atoms with van der Waals surface area (Å²) in [6.45, 7) is 8.03. The molecule has 5 heteroatoms. The summed E-state index contributed by atoms with van der Waals surface area (Å²) >= 11 is 3.46. The van der Waals surface area contributed by atoms with E-state index in [0.717, 1.165) is 39.8 Å². The molecule has 3 nitrogen and oxygen atoms in total. The van der Waals surface area contributed by atoms with Crippen molar-refractivity contribution in [1.29, 1.82) is 0 Å². The molecule has 2 heterocycles. The monoisotopic (exact) mass is 408 g/mol. The largest absolute Gasteiger partial charge is 0.487 e. The Hall–Kier alpha value is -1.52. The van der Waals surface area contributed by atoms with Crippen LogP contribution in [0.5, 0.6) is 5.75 Å². The van der Waals surface area contributed by atoms with Gasteiger partial charge in [-0.2, -0.15) is 0 Å².